The maximum atomic E-state index is 12.4. The second kappa shape index (κ2) is 5.78. The van der Waals surface area contributed by atoms with Crippen molar-refractivity contribution in [2.24, 2.45) is 5.73 Å². The van der Waals surface area contributed by atoms with Crippen LogP contribution in [0.15, 0.2) is 12.3 Å². The monoisotopic (exact) mass is 250 g/mol. The minimum atomic E-state index is -4.49. The third-order valence-electron chi connectivity index (χ3n) is 1.93. The van der Waals surface area contributed by atoms with Gasteiger partial charge in [-0.15, -0.1) is 0 Å². The van der Waals surface area contributed by atoms with Gasteiger partial charge in [-0.3, -0.25) is 0 Å². The number of rotatable bonds is 5. The number of aromatic nitrogens is 2. The van der Waals surface area contributed by atoms with E-state index < -0.39 is 11.9 Å². The number of anilines is 1. The van der Waals surface area contributed by atoms with E-state index in [1.165, 1.54) is 7.11 Å². The van der Waals surface area contributed by atoms with E-state index in [0.29, 0.717) is 0 Å². The fourth-order valence-corrected chi connectivity index (χ4v) is 1.14. The van der Waals surface area contributed by atoms with Crippen LogP contribution in [0.25, 0.3) is 0 Å². The van der Waals surface area contributed by atoms with Crippen molar-refractivity contribution >= 4 is 5.95 Å². The Morgan fingerprint density at radius 3 is 2.76 bits per heavy atom. The van der Waals surface area contributed by atoms with Gasteiger partial charge in [0.25, 0.3) is 0 Å². The van der Waals surface area contributed by atoms with E-state index in [0.717, 1.165) is 12.3 Å². The summed E-state index contributed by atoms with van der Waals surface area (Å²) in [5.74, 6) is -0.118. The third-order valence-corrected chi connectivity index (χ3v) is 1.93. The molecule has 1 unspecified atom stereocenters. The zero-order valence-electron chi connectivity index (χ0n) is 9.16. The normalized spacial score (nSPS) is 13.5. The molecule has 5 nitrogen and oxygen atoms in total. The molecule has 3 N–H and O–H groups in total. The first-order valence-corrected chi connectivity index (χ1v) is 4.83. The molecule has 0 aliphatic carbocycles. The summed E-state index contributed by atoms with van der Waals surface area (Å²) < 4.78 is 41.9. The van der Waals surface area contributed by atoms with Crippen LogP contribution < -0.4 is 11.1 Å². The van der Waals surface area contributed by atoms with Gasteiger partial charge in [0, 0.05) is 19.9 Å². The van der Waals surface area contributed by atoms with Crippen LogP contribution in [0.3, 0.4) is 0 Å². The molecule has 1 aromatic heterocycles. The molecule has 0 spiro atoms. The molecule has 0 bridgehead atoms. The number of ether oxygens (including phenoxy) is 1. The summed E-state index contributed by atoms with van der Waals surface area (Å²) in [6, 6.07) is 0.474. The van der Waals surface area contributed by atoms with Crippen molar-refractivity contribution in [2.75, 3.05) is 25.6 Å². The number of hydrogen-bond acceptors (Lipinski definition) is 5. The van der Waals surface area contributed by atoms with Crippen molar-refractivity contribution in [2.45, 2.75) is 12.2 Å². The molecule has 1 heterocycles. The number of hydrogen-bond donors (Lipinski definition) is 2. The maximum absolute atomic E-state index is 12.4. The number of halogens is 3. The zero-order chi connectivity index (χ0) is 12.9. The van der Waals surface area contributed by atoms with Gasteiger partial charge in [0.15, 0.2) is 0 Å². The van der Waals surface area contributed by atoms with Crippen LogP contribution in [0, 0.1) is 0 Å². The van der Waals surface area contributed by atoms with Gasteiger partial charge in [0.1, 0.15) is 5.69 Å². The lowest BCUT2D eigenvalue weighted by Crippen LogP contribution is -2.34. The highest BCUT2D eigenvalue weighted by molar-refractivity contribution is 5.27. The van der Waals surface area contributed by atoms with E-state index >= 15 is 0 Å². The van der Waals surface area contributed by atoms with Crippen molar-refractivity contribution in [3.05, 3.63) is 18.0 Å². The summed E-state index contributed by atoms with van der Waals surface area (Å²) in [4.78, 5) is 7.05. The van der Waals surface area contributed by atoms with Crippen molar-refractivity contribution in [3.8, 4) is 0 Å². The SMILES string of the molecule is COCC(CN)Nc1nccc(C(F)(F)F)n1. The Balaban J connectivity index is 2.78. The predicted molar refractivity (Wildman–Crippen MR) is 55.4 cm³/mol. The van der Waals surface area contributed by atoms with E-state index in [4.69, 9.17) is 10.5 Å². The summed E-state index contributed by atoms with van der Waals surface area (Å²) in [6.07, 6.45) is -3.45. The van der Waals surface area contributed by atoms with Crippen molar-refractivity contribution in [3.63, 3.8) is 0 Å². The number of nitrogens with one attached hydrogen (secondary N) is 1. The van der Waals surface area contributed by atoms with Gasteiger partial charge in [0.2, 0.25) is 5.95 Å². The van der Waals surface area contributed by atoms with E-state index in [-0.39, 0.29) is 25.1 Å². The Kier molecular flexibility index (Phi) is 4.64. The summed E-state index contributed by atoms with van der Waals surface area (Å²) in [5.41, 5.74) is 4.41. The molecule has 0 aliphatic heterocycles. The fraction of sp³-hybridized carbons (Fsp3) is 0.556. The minimum Gasteiger partial charge on any atom is -0.383 e. The van der Waals surface area contributed by atoms with E-state index in [1.807, 2.05) is 0 Å². The molecule has 0 aromatic carbocycles. The van der Waals surface area contributed by atoms with Gasteiger partial charge in [-0.2, -0.15) is 13.2 Å². The Morgan fingerprint density at radius 1 is 1.53 bits per heavy atom. The lowest BCUT2D eigenvalue weighted by atomic mass is 10.3. The Labute approximate surface area is 96.2 Å². The molecule has 0 radical (unpaired) electrons. The smallest absolute Gasteiger partial charge is 0.383 e. The first kappa shape index (κ1) is 13.7. The minimum absolute atomic E-state index is 0.118. The van der Waals surface area contributed by atoms with Crippen LogP contribution in [0.4, 0.5) is 19.1 Å². The number of alkyl halides is 3. The van der Waals surface area contributed by atoms with Crippen LogP contribution in [0.5, 0.6) is 0 Å². The Morgan fingerprint density at radius 2 is 2.24 bits per heavy atom. The predicted octanol–water partition coefficient (Wildman–Crippen LogP) is 0.881. The highest BCUT2D eigenvalue weighted by Gasteiger charge is 2.32. The molecule has 1 rings (SSSR count). The number of methoxy groups -OCH3 is 1. The summed E-state index contributed by atoms with van der Waals surface area (Å²) in [6.45, 7) is 0.462. The molecule has 17 heavy (non-hydrogen) atoms. The van der Waals surface area contributed by atoms with Gasteiger partial charge in [-0.05, 0) is 6.07 Å². The lowest BCUT2D eigenvalue weighted by molar-refractivity contribution is -0.141. The van der Waals surface area contributed by atoms with Gasteiger partial charge in [0.05, 0.1) is 12.6 Å². The summed E-state index contributed by atoms with van der Waals surface area (Å²) in [7, 11) is 1.47. The molecule has 1 atom stereocenters. The molecule has 1 aromatic rings. The van der Waals surface area contributed by atoms with E-state index in [2.05, 4.69) is 15.3 Å². The molecule has 0 aliphatic rings. The second-order valence-electron chi connectivity index (χ2n) is 3.30. The average Bonchev–Trinajstić information content (AvgIpc) is 2.28. The van der Waals surface area contributed by atoms with E-state index in [1.54, 1.807) is 0 Å². The first-order valence-electron chi connectivity index (χ1n) is 4.83. The highest BCUT2D eigenvalue weighted by atomic mass is 19.4. The van der Waals surface area contributed by atoms with Gasteiger partial charge < -0.3 is 15.8 Å². The molecule has 8 heteroatoms. The zero-order valence-corrected chi connectivity index (χ0v) is 9.16. The first-order chi connectivity index (χ1) is 7.97. The topological polar surface area (TPSA) is 73.1 Å². The van der Waals surface area contributed by atoms with Gasteiger partial charge in [-0.1, -0.05) is 0 Å². The second-order valence-corrected chi connectivity index (χ2v) is 3.30. The Bertz CT molecular complexity index is 358. The van der Waals surface area contributed by atoms with Gasteiger partial charge >= 0.3 is 6.18 Å². The molecular weight excluding hydrogens is 237 g/mol. The lowest BCUT2D eigenvalue weighted by Gasteiger charge is -2.16. The van der Waals surface area contributed by atoms with Crippen molar-refractivity contribution < 1.29 is 17.9 Å². The van der Waals surface area contributed by atoms with Crippen LogP contribution in [-0.2, 0) is 10.9 Å². The molecule has 0 saturated carbocycles. The third kappa shape index (κ3) is 4.16. The van der Waals surface area contributed by atoms with Crippen molar-refractivity contribution in [1.82, 2.24) is 9.97 Å². The molecule has 0 saturated heterocycles. The van der Waals surface area contributed by atoms with Crippen LogP contribution in [0.2, 0.25) is 0 Å². The average molecular weight is 250 g/mol. The standard InChI is InChI=1S/C9H13F3N4O/c1-17-5-6(4-13)15-8-14-3-2-7(16-8)9(10,11)12/h2-3,6H,4-5,13H2,1H3,(H,14,15,16). The number of nitrogens with two attached hydrogens (primary N) is 1. The fourth-order valence-electron chi connectivity index (χ4n) is 1.14. The molecule has 96 valence electrons. The van der Waals surface area contributed by atoms with E-state index in [9.17, 15) is 13.2 Å². The van der Waals surface area contributed by atoms with Crippen LogP contribution >= 0.6 is 0 Å². The molecule has 0 fully saturated rings. The van der Waals surface area contributed by atoms with Gasteiger partial charge in [-0.25, -0.2) is 9.97 Å². The van der Waals surface area contributed by atoms with Crippen LogP contribution in [-0.4, -0.2) is 36.3 Å². The molecular formula is C9H13F3N4O. The van der Waals surface area contributed by atoms with Crippen LogP contribution in [0.1, 0.15) is 5.69 Å². The summed E-state index contributed by atoms with van der Waals surface area (Å²) >= 11 is 0. The maximum Gasteiger partial charge on any atom is 0.433 e. The number of nitrogens with zero attached hydrogens (tertiary/aromatic N) is 2. The Hall–Kier alpha value is -1.41. The highest BCUT2D eigenvalue weighted by Crippen LogP contribution is 2.27. The quantitative estimate of drug-likeness (QED) is 0.811. The largest absolute Gasteiger partial charge is 0.433 e. The summed E-state index contributed by atoms with van der Waals surface area (Å²) in [5, 5.41) is 2.67. The molecule has 0 amide bonds. The van der Waals surface area contributed by atoms with Crippen molar-refractivity contribution in [1.29, 1.82) is 0 Å².